The summed E-state index contributed by atoms with van der Waals surface area (Å²) in [6.07, 6.45) is -4.78. The Hall–Kier alpha value is -3.92. The van der Waals surface area contributed by atoms with Gasteiger partial charge in [0.1, 0.15) is 29.5 Å². The first-order valence-corrected chi connectivity index (χ1v) is 8.74. The molecule has 0 bridgehead atoms. The molecule has 0 fully saturated rings. The molecule has 0 aliphatic carbocycles. The summed E-state index contributed by atoms with van der Waals surface area (Å²) < 4.78 is 46.0. The molecule has 2 aromatic carbocycles. The van der Waals surface area contributed by atoms with Crippen LogP contribution in [0.4, 0.5) is 13.2 Å². The number of nitrogens with zero attached hydrogens (tertiary/aromatic N) is 1. The molecule has 1 amide bonds. The summed E-state index contributed by atoms with van der Waals surface area (Å²) in [6.45, 7) is -0.735. The molecule has 31 heavy (non-hydrogen) atoms. The number of carbonyl (C=O) groups excluding carboxylic acids is 2. The number of aliphatic hydroxyl groups is 1. The van der Waals surface area contributed by atoms with Gasteiger partial charge in [-0.05, 0) is 60.7 Å². The Morgan fingerprint density at radius 3 is 2.00 bits per heavy atom. The smallest absolute Gasteiger partial charge is 0.457 e. The molecule has 0 radical (unpaired) electrons. The van der Waals surface area contributed by atoms with Crippen LogP contribution < -0.4 is 15.2 Å². The van der Waals surface area contributed by atoms with Gasteiger partial charge in [-0.2, -0.15) is 0 Å². The number of rotatable bonds is 7. The minimum atomic E-state index is -4.78. The van der Waals surface area contributed by atoms with E-state index in [2.05, 4.69) is 9.72 Å². The number of Topliss-reactive ketones (excluding diaryl/α,β-unsaturated/α-hetero) is 1. The van der Waals surface area contributed by atoms with Gasteiger partial charge in [0.05, 0.1) is 5.69 Å². The van der Waals surface area contributed by atoms with E-state index in [1.165, 1.54) is 24.3 Å². The number of ketones is 1. The van der Waals surface area contributed by atoms with Crippen molar-refractivity contribution < 1.29 is 37.3 Å². The third-order valence-electron chi connectivity index (χ3n) is 3.99. The van der Waals surface area contributed by atoms with Crippen LogP contribution in [-0.2, 0) is 0 Å². The lowest BCUT2D eigenvalue weighted by Crippen LogP contribution is -2.16. The SMILES string of the molecule is NC(=O)c1cc(C(=O)CO)cc(-c2ccc(Oc3ccc(OC(F)(F)F)cc3)cc2)n1. The molecule has 7 nitrogen and oxygen atoms in total. The van der Waals surface area contributed by atoms with Gasteiger partial charge in [0, 0.05) is 11.1 Å². The first-order valence-electron chi connectivity index (χ1n) is 8.74. The number of benzene rings is 2. The van der Waals surface area contributed by atoms with E-state index in [4.69, 9.17) is 15.6 Å². The van der Waals surface area contributed by atoms with E-state index in [0.717, 1.165) is 12.1 Å². The topological polar surface area (TPSA) is 112 Å². The van der Waals surface area contributed by atoms with Gasteiger partial charge in [-0.15, -0.1) is 13.2 Å². The lowest BCUT2D eigenvalue weighted by atomic mass is 10.1. The second-order valence-corrected chi connectivity index (χ2v) is 6.22. The summed E-state index contributed by atoms with van der Waals surface area (Å²) in [5.74, 6) is -1.13. The van der Waals surface area contributed by atoms with E-state index in [-0.39, 0.29) is 28.5 Å². The molecular weight excluding hydrogens is 417 g/mol. The molecule has 0 atom stereocenters. The van der Waals surface area contributed by atoms with Gasteiger partial charge in [-0.3, -0.25) is 9.59 Å². The monoisotopic (exact) mass is 432 g/mol. The summed E-state index contributed by atoms with van der Waals surface area (Å²) in [5.41, 5.74) is 6.04. The Morgan fingerprint density at radius 2 is 1.48 bits per heavy atom. The minimum Gasteiger partial charge on any atom is -0.457 e. The molecule has 0 aliphatic rings. The van der Waals surface area contributed by atoms with Crippen molar-refractivity contribution in [1.82, 2.24) is 4.98 Å². The lowest BCUT2D eigenvalue weighted by molar-refractivity contribution is -0.274. The number of pyridine rings is 1. The molecule has 10 heteroatoms. The molecule has 3 aromatic rings. The van der Waals surface area contributed by atoms with Gasteiger partial charge in [-0.1, -0.05) is 0 Å². The van der Waals surface area contributed by atoms with Crippen molar-refractivity contribution >= 4 is 11.7 Å². The van der Waals surface area contributed by atoms with Crippen LogP contribution >= 0.6 is 0 Å². The first-order chi connectivity index (χ1) is 14.6. The number of carbonyl (C=O) groups is 2. The molecule has 3 rings (SSSR count). The van der Waals surface area contributed by atoms with E-state index in [1.54, 1.807) is 24.3 Å². The van der Waals surface area contributed by atoms with Crippen molar-refractivity contribution in [1.29, 1.82) is 0 Å². The highest BCUT2D eigenvalue weighted by atomic mass is 19.4. The quantitative estimate of drug-likeness (QED) is 0.551. The Kier molecular flexibility index (Phi) is 6.21. The lowest BCUT2D eigenvalue weighted by Gasteiger charge is -2.10. The van der Waals surface area contributed by atoms with Gasteiger partial charge in [0.2, 0.25) is 0 Å². The predicted octanol–water partition coefficient (Wildman–Crippen LogP) is 3.71. The van der Waals surface area contributed by atoms with E-state index in [0.29, 0.717) is 11.3 Å². The highest BCUT2D eigenvalue weighted by molar-refractivity contribution is 6.00. The Balaban J connectivity index is 1.79. The van der Waals surface area contributed by atoms with E-state index >= 15 is 0 Å². The number of alkyl halides is 3. The number of amides is 1. The molecule has 1 heterocycles. The average molecular weight is 432 g/mol. The van der Waals surface area contributed by atoms with Crippen LogP contribution in [0.1, 0.15) is 20.8 Å². The van der Waals surface area contributed by atoms with Gasteiger partial charge < -0.3 is 20.3 Å². The van der Waals surface area contributed by atoms with Crippen molar-refractivity contribution in [2.45, 2.75) is 6.36 Å². The summed E-state index contributed by atoms with van der Waals surface area (Å²) >= 11 is 0. The normalized spacial score (nSPS) is 11.1. The van der Waals surface area contributed by atoms with Gasteiger partial charge >= 0.3 is 6.36 Å². The molecular formula is C21H15F3N2O5. The van der Waals surface area contributed by atoms with Gasteiger partial charge in [0.25, 0.3) is 5.91 Å². The van der Waals surface area contributed by atoms with E-state index < -0.39 is 24.7 Å². The highest BCUT2D eigenvalue weighted by Crippen LogP contribution is 2.29. The van der Waals surface area contributed by atoms with E-state index in [1.807, 2.05) is 0 Å². The van der Waals surface area contributed by atoms with Crippen molar-refractivity contribution in [3.8, 4) is 28.5 Å². The summed E-state index contributed by atoms with van der Waals surface area (Å²) in [6, 6.07) is 13.9. The standard InChI is InChI=1S/C21H15F3N2O5/c22-21(23,24)31-16-7-5-15(6-8-16)30-14-3-1-12(2-4-14)17-9-13(19(28)11-27)10-18(26-17)20(25)29/h1-10,27H,11H2,(H2,25,29). The molecule has 0 saturated carbocycles. The number of hydrogen-bond acceptors (Lipinski definition) is 6. The number of nitrogens with two attached hydrogens (primary N) is 1. The van der Waals surface area contributed by atoms with Gasteiger partial charge in [-0.25, -0.2) is 4.98 Å². The summed E-state index contributed by atoms with van der Waals surface area (Å²) in [5, 5.41) is 9.06. The fraction of sp³-hybridized carbons (Fsp3) is 0.0952. The van der Waals surface area contributed by atoms with Crippen LogP contribution in [0, 0.1) is 0 Å². The zero-order valence-electron chi connectivity index (χ0n) is 15.7. The van der Waals surface area contributed by atoms with Crippen molar-refractivity contribution in [2.24, 2.45) is 5.73 Å². The fourth-order valence-corrected chi connectivity index (χ4v) is 2.60. The molecule has 160 valence electrons. The Bertz CT molecular complexity index is 1100. The third-order valence-corrected chi connectivity index (χ3v) is 3.99. The number of ether oxygens (including phenoxy) is 2. The molecule has 0 unspecified atom stereocenters. The largest absolute Gasteiger partial charge is 0.573 e. The Morgan fingerprint density at radius 1 is 0.935 bits per heavy atom. The molecule has 0 saturated heterocycles. The second kappa shape index (κ2) is 8.84. The first kappa shape index (κ1) is 21.8. The molecule has 1 aromatic heterocycles. The maximum Gasteiger partial charge on any atom is 0.573 e. The third kappa shape index (κ3) is 5.80. The minimum absolute atomic E-state index is 0.0859. The predicted molar refractivity (Wildman–Crippen MR) is 103 cm³/mol. The van der Waals surface area contributed by atoms with Crippen LogP contribution in [0.15, 0.2) is 60.7 Å². The highest BCUT2D eigenvalue weighted by Gasteiger charge is 2.31. The molecule has 0 aliphatic heterocycles. The average Bonchev–Trinajstić information content (AvgIpc) is 2.73. The van der Waals surface area contributed by atoms with Crippen LogP contribution in [-0.4, -0.2) is 34.8 Å². The van der Waals surface area contributed by atoms with Crippen LogP contribution in [0.5, 0.6) is 17.2 Å². The van der Waals surface area contributed by atoms with Crippen molar-refractivity contribution in [3.05, 3.63) is 71.9 Å². The van der Waals surface area contributed by atoms with Gasteiger partial charge in [0.15, 0.2) is 5.78 Å². The summed E-state index contributed by atoms with van der Waals surface area (Å²) in [7, 11) is 0. The van der Waals surface area contributed by atoms with Crippen LogP contribution in [0.25, 0.3) is 11.3 Å². The number of aromatic nitrogens is 1. The number of aliphatic hydroxyl groups excluding tert-OH is 1. The van der Waals surface area contributed by atoms with E-state index in [9.17, 15) is 22.8 Å². The van der Waals surface area contributed by atoms with Crippen molar-refractivity contribution in [3.63, 3.8) is 0 Å². The maximum atomic E-state index is 12.2. The molecule has 0 spiro atoms. The summed E-state index contributed by atoms with van der Waals surface area (Å²) in [4.78, 5) is 27.4. The molecule has 3 N–H and O–H groups in total. The Labute approximate surface area is 173 Å². The zero-order valence-corrected chi connectivity index (χ0v) is 15.7. The second-order valence-electron chi connectivity index (χ2n) is 6.22. The van der Waals surface area contributed by atoms with Crippen molar-refractivity contribution in [2.75, 3.05) is 6.61 Å². The number of hydrogen-bond donors (Lipinski definition) is 2. The number of halogens is 3. The maximum absolute atomic E-state index is 12.2. The number of primary amides is 1. The van der Waals surface area contributed by atoms with Crippen LogP contribution in [0.3, 0.4) is 0 Å². The fourth-order valence-electron chi connectivity index (χ4n) is 2.60. The van der Waals surface area contributed by atoms with Crippen LogP contribution in [0.2, 0.25) is 0 Å². The zero-order chi connectivity index (χ0) is 22.6.